The van der Waals surface area contributed by atoms with Crippen LogP contribution in [-0.2, 0) is 26.5 Å². The molecule has 0 fully saturated rings. The van der Waals surface area contributed by atoms with E-state index in [1.807, 2.05) is 61.7 Å². The zero-order valence-corrected chi connectivity index (χ0v) is 37.2. The van der Waals surface area contributed by atoms with Gasteiger partial charge in [-0.2, -0.15) is 18.2 Å². The van der Waals surface area contributed by atoms with Crippen LogP contribution in [0.3, 0.4) is 0 Å². The molecular weight excluding hydrogens is 940 g/mol. The Kier molecular flexibility index (Phi) is 8.05. The summed E-state index contributed by atoms with van der Waals surface area (Å²) < 4.78 is 99.4. The fraction of sp³-hybridized carbons (Fsp3) is 0.143. The topological polar surface area (TPSA) is 35.9 Å². The molecule has 62 heavy (non-hydrogen) atoms. The van der Waals surface area contributed by atoms with E-state index < -0.39 is 60.4 Å². The molecular formula is C56H46N4OPt-2. The Bertz CT molecular complexity index is 3710. The number of nitrogens with zero attached hydrogens (tertiary/aromatic N) is 4. The molecule has 308 valence electrons. The predicted molar refractivity (Wildman–Crippen MR) is 248 cm³/mol. The number of rotatable bonds is 8. The molecule has 5 nitrogen and oxygen atoms in total. The van der Waals surface area contributed by atoms with Crippen molar-refractivity contribution in [1.29, 1.82) is 0 Å². The number of hydrogen-bond donors (Lipinski definition) is 0. The molecule has 0 amide bonds. The van der Waals surface area contributed by atoms with Crippen molar-refractivity contribution in [1.82, 2.24) is 14.1 Å². The molecule has 6 heteroatoms. The predicted octanol–water partition coefficient (Wildman–Crippen LogP) is 13.7. The van der Waals surface area contributed by atoms with Crippen molar-refractivity contribution in [3.63, 3.8) is 0 Å². The molecule has 0 bridgehead atoms. The number of aromatic nitrogens is 4. The number of aryl methyl sites for hydroxylation is 1. The third-order valence-corrected chi connectivity index (χ3v) is 11.1. The fourth-order valence-corrected chi connectivity index (χ4v) is 7.97. The summed E-state index contributed by atoms with van der Waals surface area (Å²) in [6.45, 7) is 12.8. The van der Waals surface area contributed by atoms with Crippen LogP contribution in [0.5, 0.6) is 11.5 Å². The van der Waals surface area contributed by atoms with Crippen molar-refractivity contribution in [3.05, 3.63) is 199 Å². The van der Waals surface area contributed by atoms with Gasteiger partial charge in [0.25, 0.3) is 6.33 Å². The molecule has 10 rings (SSSR count). The molecule has 0 aliphatic rings. The van der Waals surface area contributed by atoms with Crippen LogP contribution in [0.1, 0.15) is 70.9 Å². The molecule has 0 unspecified atom stereocenters. The van der Waals surface area contributed by atoms with Crippen molar-refractivity contribution in [2.45, 2.75) is 52.9 Å². The third-order valence-electron chi connectivity index (χ3n) is 11.1. The first kappa shape index (κ1) is 30.5. The van der Waals surface area contributed by atoms with E-state index in [2.05, 4.69) is 81.9 Å². The van der Waals surface area contributed by atoms with Crippen LogP contribution in [0.15, 0.2) is 164 Å². The number of hydrogen-bond acceptors (Lipinski definition) is 2. The minimum absolute atomic E-state index is 0. The average Bonchev–Trinajstić information content (AvgIpc) is 3.90. The van der Waals surface area contributed by atoms with Crippen LogP contribution in [-0.4, -0.2) is 14.1 Å². The van der Waals surface area contributed by atoms with Gasteiger partial charge in [0.1, 0.15) is 5.82 Å². The molecule has 10 aromatic rings. The molecule has 3 aromatic heterocycles. The molecule has 0 saturated heterocycles. The summed E-state index contributed by atoms with van der Waals surface area (Å²) in [5.74, 6) is 1.86. The van der Waals surface area contributed by atoms with Gasteiger partial charge in [-0.1, -0.05) is 149 Å². The first-order valence-electron chi connectivity index (χ1n) is 25.2. The molecule has 7 aromatic carbocycles. The third kappa shape index (κ3) is 7.35. The summed E-state index contributed by atoms with van der Waals surface area (Å²) in [7, 11) is 0. The van der Waals surface area contributed by atoms with Gasteiger partial charge in [0.05, 0.1) is 30.4 Å². The van der Waals surface area contributed by atoms with Crippen molar-refractivity contribution in [2.75, 3.05) is 0 Å². The van der Waals surface area contributed by atoms with E-state index in [0.717, 1.165) is 38.8 Å². The summed E-state index contributed by atoms with van der Waals surface area (Å²) in [6.07, 6.45) is 5.29. The number of benzene rings is 7. The Morgan fingerprint density at radius 3 is 2.08 bits per heavy atom. The van der Waals surface area contributed by atoms with Crippen LogP contribution >= 0.6 is 0 Å². The van der Waals surface area contributed by atoms with Gasteiger partial charge in [0, 0.05) is 44.3 Å². The second-order valence-electron chi connectivity index (χ2n) is 16.4. The van der Waals surface area contributed by atoms with E-state index in [4.69, 9.17) is 23.4 Å². The van der Waals surface area contributed by atoms with Crippen molar-refractivity contribution in [3.8, 4) is 50.9 Å². The van der Waals surface area contributed by atoms with E-state index in [0.29, 0.717) is 28.2 Å². The molecule has 0 aliphatic heterocycles. The SMILES string of the molecule is [2H]c1c([2H])c([2H])c(-c2cccc(-c3c([2H])c([2H])c([2H])c([2H])c3[2H])c2-[n+]2[c-]n(-c3[c-]c(Oc4[c-]c5c(cc4)c4cc(C(C)(C)C)ccc4n5-c4cc(C(C)C)ccn4)ccc3)c3cccc(C)c32)c([2H])c1[2H].[Pt]. The zero-order valence-electron chi connectivity index (χ0n) is 44.9. The number of para-hydroxylation sites is 2. The van der Waals surface area contributed by atoms with Crippen LogP contribution in [0.25, 0.3) is 72.3 Å². The minimum Gasteiger partial charge on any atom is -0.510 e. The first-order chi connectivity index (χ1) is 33.8. The molecule has 0 N–H and O–H groups in total. The summed E-state index contributed by atoms with van der Waals surface area (Å²) >= 11 is 0. The Morgan fingerprint density at radius 2 is 1.39 bits per heavy atom. The number of ether oxygens (including phenoxy) is 1. The van der Waals surface area contributed by atoms with E-state index in [-0.39, 0.29) is 60.3 Å². The number of fused-ring (bicyclic) bond motifs is 4. The molecule has 0 atom stereocenters. The minimum atomic E-state index is -0.570. The van der Waals surface area contributed by atoms with Crippen molar-refractivity contribution in [2.24, 2.45) is 0 Å². The maximum absolute atomic E-state index is 9.05. The van der Waals surface area contributed by atoms with Crippen molar-refractivity contribution >= 4 is 32.8 Å². The van der Waals surface area contributed by atoms with Gasteiger partial charge in [0.2, 0.25) is 0 Å². The molecule has 3 heterocycles. The van der Waals surface area contributed by atoms with Crippen LogP contribution < -0.4 is 9.30 Å². The average molecular weight is 996 g/mol. The smallest absolute Gasteiger partial charge is 0.268 e. The largest absolute Gasteiger partial charge is 0.510 e. The van der Waals surface area contributed by atoms with Crippen LogP contribution in [0.4, 0.5) is 0 Å². The monoisotopic (exact) mass is 995 g/mol. The summed E-state index contributed by atoms with van der Waals surface area (Å²) in [4.78, 5) is 4.84. The Hall–Kier alpha value is -6.55. The fourth-order valence-electron chi connectivity index (χ4n) is 7.97. The Morgan fingerprint density at radius 1 is 0.710 bits per heavy atom. The summed E-state index contributed by atoms with van der Waals surface area (Å²) in [5.41, 5.74) is 6.75. The summed E-state index contributed by atoms with van der Waals surface area (Å²) in [5, 5.41) is 2.06. The van der Waals surface area contributed by atoms with Gasteiger partial charge in [-0.25, -0.2) is 4.98 Å². The normalized spacial score (nSPS) is 14.0. The van der Waals surface area contributed by atoms with Gasteiger partial charge in [-0.05, 0) is 86.5 Å². The quantitative estimate of drug-likeness (QED) is 0.112. The van der Waals surface area contributed by atoms with Gasteiger partial charge < -0.3 is 13.9 Å². The number of pyridine rings is 1. The van der Waals surface area contributed by atoms with E-state index in [1.54, 1.807) is 33.4 Å². The Balaban J connectivity index is 0.00000640. The van der Waals surface area contributed by atoms with Gasteiger partial charge in [0.15, 0.2) is 0 Å². The van der Waals surface area contributed by atoms with E-state index >= 15 is 0 Å². The van der Waals surface area contributed by atoms with Crippen molar-refractivity contribution < 1.29 is 44.1 Å². The summed E-state index contributed by atoms with van der Waals surface area (Å²) in [6, 6.07) is 32.2. The molecule has 0 radical (unpaired) electrons. The second kappa shape index (κ2) is 16.4. The maximum atomic E-state index is 9.05. The Labute approximate surface area is 392 Å². The second-order valence-corrected chi connectivity index (χ2v) is 16.4. The van der Waals surface area contributed by atoms with Crippen LogP contribution in [0.2, 0.25) is 0 Å². The van der Waals surface area contributed by atoms with Crippen LogP contribution in [0, 0.1) is 25.4 Å². The number of imidazole rings is 1. The first-order valence-corrected chi connectivity index (χ1v) is 20.2. The van der Waals surface area contributed by atoms with Gasteiger partial charge >= 0.3 is 0 Å². The van der Waals surface area contributed by atoms with E-state index in [1.165, 1.54) is 5.56 Å². The molecule has 0 saturated carbocycles. The standard InChI is InChI=1S/C56H46N4O.Pt/c1-37(2)41-30-31-57-53(32-41)60-50-29-26-42(56(4,5)6)33-49(50)48-28-27-45(35-52(48)60)61-44-22-14-21-43(34-44)58-36-59(54-38(3)16-13-25-51(54)58)55-46(39-17-9-7-10-18-39)23-15-24-47(55)40-19-11-8-12-20-40;/h7-33,37H,1-6H3;/q-2;/i7D,8D,9D,10D,11D,12D,17D,18D,19D,20D;. The maximum Gasteiger partial charge on any atom is 0.268 e. The van der Waals surface area contributed by atoms with Gasteiger partial charge in [-0.15, -0.1) is 29.7 Å². The molecule has 0 aliphatic carbocycles. The zero-order chi connectivity index (χ0) is 50.5. The van der Waals surface area contributed by atoms with Gasteiger partial charge in [-0.3, -0.25) is 4.57 Å². The van der Waals surface area contributed by atoms with E-state index in [9.17, 15) is 0 Å². The molecule has 0 spiro atoms.